The number of aliphatic hydroxyl groups excluding tert-OH is 2. The first-order valence-corrected chi connectivity index (χ1v) is 16.4. The number of nitrogens with one attached hydrogen (secondary N) is 3. The van der Waals surface area contributed by atoms with Crippen LogP contribution in [0.3, 0.4) is 0 Å². The molecular weight excluding hydrogens is 646 g/mol. The maximum atomic E-state index is 13.1. The molecule has 0 spiro atoms. The van der Waals surface area contributed by atoms with Crippen LogP contribution in [0.5, 0.6) is 0 Å². The minimum Gasteiger partial charge on any atom is -0.766 e. The molecule has 0 saturated carbocycles. The number of fused-ring (bicyclic) bond motifs is 4. The summed E-state index contributed by atoms with van der Waals surface area (Å²) in [6.45, 7) is -1.56. The fraction of sp³-hybridized carbons (Fsp3) is 0.600. The topological polar surface area (TPSA) is 334 Å². The first-order valence-electron chi connectivity index (χ1n) is 13.3. The molecule has 3 saturated heterocycles. The molecule has 0 radical (unpaired) electrons. The molecule has 9 N–H and O–H groups in total. The third-order valence-corrected chi connectivity index (χ3v) is 10.1. The van der Waals surface area contributed by atoms with Crippen LogP contribution in [0.15, 0.2) is 22.6 Å². The Balaban J connectivity index is 1.13. The lowest BCUT2D eigenvalue weighted by Crippen LogP contribution is -2.57. The number of imidazole rings is 1. The summed E-state index contributed by atoms with van der Waals surface area (Å²) >= 11 is 0. The van der Waals surface area contributed by atoms with Gasteiger partial charge in [0.15, 0.2) is 42.1 Å². The maximum Gasteiger partial charge on any atom is 0.255 e. The lowest BCUT2D eigenvalue weighted by Gasteiger charge is -2.36. The van der Waals surface area contributed by atoms with Crippen LogP contribution in [0.1, 0.15) is 6.23 Å². The summed E-state index contributed by atoms with van der Waals surface area (Å²) in [5, 5.41) is 29.0. The molecule has 0 aromatic carbocycles. The van der Waals surface area contributed by atoms with Gasteiger partial charge in [0.05, 0.1) is 38.0 Å². The fourth-order valence-corrected chi connectivity index (χ4v) is 8.00. The Morgan fingerprint density at radius 3 is 2.24 bits per heavy atom. The number of nitrogens with zero attached hydrogens (tertiary/aromatic N) is 7. The molecule has 23 nitrogen and oxygen atoms in total. The van der Waals surface area contributed by atoms with Crippen molar-refractivity contribution in [3.05, 3.63) is 12.7 Å². The van der Waals surface area contributed by atoms with Gasteiger partial charge in [0.1, 0.15) is 36.3 Å². The van der Waals surface area contributed by atoms with Crippen LogP contribution in [0, 0.1) is 0 Å². The van der Waals surface area contributed by atoms with Gasteiger partial charge < -0.3 is 54.9 Å². The van der Waals surface area contributed by atoms with Crippen molar-refractivity contribution < 1.29 is 52.4 Å². The van der Waals surface area contributed by atoms with Gasteiger partial charge in [0.25, 0.3) is 5.91 Å². The highest BCUT2D eigenvalue weighted by Crippen LogP contribution is 2.44. The van der Waals surface area contributed by atoms with E-state index >= 15 is 0 Å². The molecule has 2 aromatic rings. The Labute approximate surface area is 251 Å². The summed E-state index contributed by atoms with van der Waals surface area (Å²) < 4.78 is 49.4. The van der Waals surface area contributed by atoms with Crippen LogP contribution < -0.4 is 36.7 Å². The van der Waals surface area contributed by atoms with Crippen molar-refractivity contribution in [2.75, 3.05) is 18.9 Å². The Morgan fingerprint density at radius 2 is 1.58 bits per heavy atom. The van der Waals surface area contributed by atoms with Crippen molar-refractivity contribution in [1.82, 2.24) is 39.9 Å². The van der Waals surface area contributed by atoms with E-state index in [9.17, 15) is 33.9 Å². The van der Waals surface area contributed by atoms with Gasteiger partial charge in [-0.05, 0) is 0 Å². The van der Waals surface area contributed by atoms with E-state index in [1.165, 1.54) is 22.1 Å². The number of rotatable bonds is 2. The molecule has 0 bridgehead atoms. The molecule has 2 aromatic heterocycles. The number of nitrogen functional groups attached to an aromatic ring is 1. The molecule has 7 heterocycles. The Morgan fingerprint density at radius 1 is 0.956 bits per heavy atom. The lowest BCUT2D eigenvalue weighted by atomic mass is 10.1. The third-order valence-electron chi connectivity index (χ3n) is 7.88. The van der Waals surface area contributed by atoms with E-state index < -0.39 is 95.8 Å². The van der Waals surface area contributed by atoms with Crippen molar-refractivity contribution in [3.8, 4) is 0 Å². The zero-order valence-corrected chi connectivity index (χ0v) is 24.5. The average Bonchev–Trinajstić information content (AvgIpc) is 3.72. The van der Waals surface area contributed by atoms with Gasteiger partial charge in [0.2, 0.25) is 15.5 Å². The number of hydrogen-bond donors (Lipinski definition) is 7. The van der Waals surface area contributed by atoms with Crippen molar-refractivity contribution >= 4 is 50.7 Å². The molecule has 25 heteroatoms. The van der Waals surface area contributed by atoms with Crippen LogP contribution in [-0.2, 0) is 32.4 Å². The van der Waals surface area contributed by atoms with E-state index in [0.29, 0.717) is 0 Å². The SMILES string of the molecule is NC1=NC2C(N=CN2[C@@H]2O[C@@H]3COP(=O)([O-])N[C@H]4[C@@H](O)[C@H](n5cnc6c(N)ncnc65)O[C@@H]4COP(=O)([O-])N[C@H]3[C@H]2O)C(=O)N1. The number of aliphatic imine (C=N–C) groups is 2. The van der Waals surface area contributed by atoms with E-state index in [0.717, 1.165) is 6.33 Å². The predicted octanol–water partition coefficient (Wildman–Crippen LogP) is -5.86. The number of hydrogen-bond acceptors (Lipinski definition) is 19. The van der Waals surface area contributed by atoms with E-state index in [4.69, 9.17) is 30.0 Å². The minimum atomic E-state index is -5.03. The minimum absolute atomic E-state index is 0.0464. The van der Waals surface area contributed by atoms with Crippen LogP contribution >= 0.6 is 15.5 Å². The Hall–Kier alpha value is -3.18. The number of anilines is 1. The quantitative estimate of drug-likeness (QED) is 0.146. The number of ether oxygens (including phenoxy) is 2. The fourth-order valence-electron chi connectivity index (χ4n) is 5.79. The molecule has 4 unspecified atom stereocenters. The normalized spacial score (nSPS) is 43.6. The predicted molar refractivity (Wildman–Crippen MR) is 143 cm³/mol. The van der Waals surface area contributed by atoms with Gasteiger partial charge in [-0.25, -0.2) is 30.1 Å². The molecule has 0 aliphatic carbocycles. The number of aromatic nitrogens is 4. The highest BCUT2D eigenvalue weighted by molar-refractivity contribution is 7.49. The van der Waals surface area contributed by atoms with Crippen molar-refractivity contribution in [1.29, 1.82) is 0 Å². The van der Waals surface area contributed by atoms with Gasteiger partial charge in [-0.2, -0.15) is 0 Å². The van der Waals surface area contributed by atoms with Gasteiger partial charge in [-0.3, -0.25) is 28.8 Å². The average molecular weight is 672 g/mol. The zero-order valence-electron chi connectivity index (χ0n) is 22.7. The van der Waals surface area contributed by atoms with Crippen LogP contribution in [-0.4, -0.2) is 121 Å². The second-order valence-corrected chi connectivity index (χ2v) is 13.7. The number of aliphatic hydroxyl groups is 2. The zero-order chi connectivity index (χ0) is 31.8. The standard InChI is InChI=1S/C20H28N12O11P2/c21-14-10-15(24-3-23-14)31(4-25-10)18-12(33)8-6(42-18)1-40-45(38,39)30-9-7(2-41-44(36,37)29-8)43-19(13(9)34)32-5-26-11-16(32)27-20(22)28-17(11)35/h3-9,11-13,16,18-19,33-34H,1-2H2,(H2,21,23,24)(H2,29,36,37)(H2,30,38,39)(H3,22,27,28,35)/p-2/t6-,7-,8-,9-,11?,12-,13-,16?,18-,19-/m1/s1. The maximum absolute atomic E-state index is 13.1. The Bertz CT molecular complexity index is 1680. The van der Waals surface area contributed by atoms with Crippen molar-refractivity contribution in [2.45, 2.75) is 61.2 Å². The number of carbonyl (C=O) groups is 1. The molecule has 3 fully saturated rings. The van der Waals surface area contributed by atoms with E-state index in [1.54, 1.807) is 0 Å². The monoisotopic (exact) mass is 672 g/mol. The number of guanidine groups is 1. The number of carbonyl (C=O) groups excluding carboxylic acids is 1. The number of nitrogens with two attached hydrogens (primary N) is 2. The second-order valence-electron chi connectivity index (χ2n) is 10.7. The number of amides is 1. The molecule has 5 aliphatic heterocycles. The van der Waals surface area contributed by atoms with Crippen LogP contribution in [0.4, 0.5) is 5.82 Å². The summed E-state index contributed by atoms with van der Waals surface area (Å²) in [4.78, 5) is 59.9. The highest BCUT2D eigenvalue weighted by Gasteiger charge is 2.53. The summed E-state index contributed by atoms with van der Waals surface area (Å²) in [5.74, 6) is -0.715. The first kappa shape index (κ1) is 30.5. The van der Waals surface area contributed by atoms with E-state index in [2.05, 4.69) is 40.4 Å². The van der Waals surface area contributed by atoms with Crippen molar-refractivity contribution in [3.63, 3.8) is 0 Å². The molecule has 45 heavy (non-hydrogen) atoms. The highest BCUT2D eigenvalue weighted by atomic mass is 31.2. The third kappa shape index (κ3) is 5.39. The summed E-state index contributed by atoms with van der Waals surface area (Å²) in [7, 11) is -10.1. The van der Waals surface area contributed by atoms with Gasteiger partial charge in [0, 0.05) is 0 Å². The summed E-state index contributed by atoms with van der Waals surface area (Å²) in [5.41, 5.74) is 11.8. The van der Waals surface area contributed by atoms with E-state index in [-0.39, 0.29) is 22.9 Å². The summed E-state index contributed by atoms with van der Waals surface area (Å²) in [6.07, 6.45) is -6.17. The van der Waals surface area contributed by atoms with Gasteiger partial charge >= 0.3 is 0 Å². The van der Waals surface area contributed by atoms with Gasteiger partial charge in [-0.1, -0.05) is 0 Å². The van der Waals surface area contributed by atoms with Crippen LogP contribution in [0.2, 0.25) is 0 Å². The molecular formula is C20H26N12O11P2-2. The van der Waals surface area contributed by atoms with Crippen LogP contribution in [0.25, 0.3) is 11.2 Å². The molecule has 5 aliphatic rings. The Kier molecular flexibility index (Phi) is 7.43. The second kappa shape index (κ2) is 11.0. The molecule has 12 atom stereocenters. The smallest absolute Gasteiger partial charge is 0.255 e. The van der Waals surface area contributed by atoms with Crippen molar-refractivity contribution in [2.24, 2.45) is 15.7 Å². The van der Waals surface area contributed by atoms with E-state index in [1.807, 2.05) is 0 Å². The molecule has 1 amide bonds. The largest absolute Gasteiger partial charge is 0.766 e. The lowest BCUT2D eigenvalue weighted by molar-refractivity contribution is -0.209. The molecule has 7 rings (SSSR count). The summed E-state index contributed by atoms with van der Waals surface area (Å²) in [6, 6.07) is -3.99. The molecule has 244 valence electrons. The first-order chi connectivity index (χ1) is 21.3. The van der Waals surface area contributed by atoms with Gasteiger partial charge in [-0.15, -0.1) is 0 Å².